The first-order valence-corrected chi connectivity index (χ1v) is 8.59. The summed E-state index contributed by atoms with van der Waals surface area (Å²) in [5.74, 6) is 0.446. The van der Waals surface area contributed by atoms with E-state index in [1.165, 1.54) is 11.8 Å². The normalized spacial score (nSPS) is 11.6. The maximum absolute atomic E-state index is 12.4. The first kappa shape index (κ1) is 17.2. The van der Waals surface area contributed by atoms with Crippen LogP contribution in [0.4, 0.5) is 0 Å². The van der Waals surface area contributed by atoms with Crippen molar-refractivity contribution in [1.29, 1.82) is 0 Å². The van der Waals surface area contributed by atoms with Crippen LogP contribution in [0.1, 0.15) is 18.1 Å². The van der Waals surface area contributed by atoms with E-state index in [0.29, 0.717) is 11.5 Å². The molecule has 0 spiro atoms. The molecule has 0 atom stereocenters. The Labute approximate surface area is 141 Å². The molecule has 0 aliphatic heterocycles. The minimum absolute atomic E-state index is 0.304. The predicted molar refractivity (Wildman–Crippen MR) is 95.6 cm³/mol. The molecular weight excluding hydrogens is 308 g/mol. The Bertz CT molecular complexity index is 693. The fraction of sp³-hybridized carbons (Fsp3) is 0.211. The molecule has 0 bridgehead atoms. The van der Waals surface area contributed by atoms with Crippen molar-refractivity contribution in [1.82, 2.24) is 0 Å². The lowest BCUT2D eigenvalue weighted by atomic mass is 9.97. The van der Waals surface area contributed by atoms with Crippen LogP contribution in [0.15, 0.2) is 59.5 Å². The van der Waals surface area contributed by atoms with Gasteiger partial charge in [0.25, 0.3) is 0 Å². The molecule has 3 nitrogen and oxygen atoms in total. The van der Waals surface area contributed by atoms with Crippen molar-refractivity contribution in [2.75, 3.05) is 20.0 Å². The highest BCUT2D eigenvalue weighted by atomic mass is 32.2. The Morgan fingerprint density at radius 3 is 2.35 bits per heavy atom. The van der Waals surface area contributed by atoms with Gasteiger partial charge in [0.1, 0.15) is 10.7 Å². The Balaban J connectivity index is 2.66. The molecule has 2 aromatic rings. The second kappa shape index (κ2) is 8.44. The zero-order valence-corrected chi connectivity index (χ0v) is 14.4. The molecule has 120 valence electrons. The highest BCUT2D eigenvalue weighted by Gasteiger charge is 2.19. The highest BCUT2D eigenvalue weighted by Crippen LogP contribution is 2.33. The summed E-state index contributed by atoms with van der Waals surface area (Å²) in [6, 6.07) is 17.6. The fourth-order valence-corrected chi connectivity index (χ4v) is 2.96. The van der Waals surface area contributed by atoms with E-state index in [1.807, 2.05) is 67.8 Å². The molecule has 0 fully saturated rings. The summed E-state index contributed by atoms with van der Waals surface area (Å²) >= 11 is 1.39. The topological polar surface area (TPSA) is 35.5 Å². The lowest BCUT2D eigenvalue weighted by Crippen LogP contribution is -2.08. The smallest absolute Gasteiger partial charge is 0.345 e. The van der Waals surface area contributed by atoms with Crippen LogP contribution < -0.4 is 4.74 Å². The van der Waals surface area contributed by atoms with E-state index in [2.05, 4.69) is 0 Å². The number of hydrogen-bond donors (Lipinski definition) is 0. The molecule has 0 amide bonds. The Hall–Kier alpha value is -2.20. The van der Waals surface area contributed by atoms with Crippen LogP contribution in [0.25, 0.3) is 5.57 Å². The molecule has 0 heterocycles. The number of hydrogen-bond acceptors (Lipinski definition) is 4. The van der Waals surface area contributed by atoms with Gasteiger partial charge in [0.15, 0.2) is 0 Å². The molecule has 0 radical (unpaired) electrons. The van der Waals surface area contributed by atoms with Gasteiger partial charge in [0.2, 0.25) is 0 Å². The third kappa shape index (κ3) is 4.17. The van der Waals surface area contributed by atoms with Gasteiger partial charge in [-0.3, -0.25) is 0 Å². The van der Waals surface area contributed by atoms with E-state index in [1.54, 1.807) is 7.11 Å². The van der Waals surface area contributed by atoms with Crippen LogP contribution in [0.3, 0.4) is 0 Å². The van der Waals surface area contributed by atoms with E-state index in [4.69, 9.17) is 9.47 Å². The van der Waals surface area contributed by atoms with Gasteiger partial charge in [-0.05, 0) is 36.4 Å². The monoisotopic (exact) mass is 328 g/mol. The number of rotatable bonds is 6. The number of esters is 1. The van der Waals surface area contributed by atoms with E-state index in [-0.39, 0.29) is 5.97 Å². The second-order valence-corrected chi connectivity index (χ2v) is 5.54. The maximum atomic E-state index is 12.4. The SMILES string of the molecule is CCOC(=O)C(SC)=C(c1ccccc1)c1cccc(OC)c1. The third-order valence-corrected chi connectivity index (χ3v) is 4.09. The molecular formula is C19H20O3S. The molecule has 0 N–H and O–H groups in total. The summed E-state index contributed by atoms with van der Waals surface area (Å²) in [5.41, 5.74) is 2.75. The van der Waals surface area contributed by atoms with Gasteiger partial charge in [-0.25, -0.2) is 4.79 Å². The quantitative estimate of drug-likeness (QED) is 0.582. The minimum Gasteiger partial charge on any atom is -0.497 e. The molecule has 23 heavy (non-hydrogen) atoms. The summed E-state index contributed by atoms with van der Waals surface area (Å²) in [5, 5.41) is 0. The summed E-state index contributed by atoms with van der Waals surface area (Å²) < 4.78 is 10.5. The van der Waals surface area contributed by atoms with Crippen molar-refractivity contribution in [3.8, 4) is 5.75 Å². The van der Waals surface area contributed by atoms with E-state index < -0.39 is 0 Å². The van der Waals surface area contributed by atoms with Crippen molar-refractivity contribution in [3.63, 3.8) is 0 Å². The Kier molecular flexibility index (Phi) is 6.29. The lowest BCUT2D eigenvalue weighted by molar-refractivity contribution is -0.137. The van der Waals surface area contributed by atoms with Crippen molar-refractivity contribution in [2.45, 2.75) is 6.92 Å². The summed E-state index contributed by atoms with van der Waals surface area (Å²) in [7, 11) is 1.63. The maximum Gasteiger partial charge on any atom is 0.345 e. The molecule has 4 heteroatoms. The number of carbonyl (C=O) groups is 1. The zero-order chi connectivity index (χ0) is 16.7. The molecule has 0 aliphatic carbocycles. The van der Waals surface area contributed by atoms with Gasteiger partial charge < -0.3 is 9.47 Å². The van der Waals surface area contributed by atoms with Crippen LogP contribution in [0, 0.1) is 0 Å². The number of ether oxygens (including phenoxy) is 2. The van der Waals surface area contributed by atoms with Crippen LogP contribution in [0.2, 0.25) is 0 Å². The molecule has 0 saturated heterocycles. The first-order chi connectivity index (χ1) is 11.2. The number of thioether (sulfide) groups is 1. The predicted octanol–water partition coefficient (Wildman–Crippen LogP) is 4.38. The van der Waals surface area contributed by atoms with Crippen LogP contribution in [-0.4, -0.2) is 25.9 Å². The zero-order valence-electron chi connectivity index (χ0n) is 13.5. The van der Waals surface area contributed by atoms with Gasteiger partial charge in [0.05, 0.1) is 13.7 Å². The lowest BCUT2D eigenvalue weighted by Gasteiger charge is -2.14. The summed E-state index contributed by atoms with van der Waals surface area (Å²) in [4.78, 5) is 13.0. The first-order valence-electron chi connectivity index (χ1n) is 7.36. The number of benzene rings is 2. The van der Waals surface area contributed by atoms with E-state index >= 15 is 0 Å². The van der Waals surface area contributed by atoms with Gasteiger partial charge >= 0.3 is 5.97 Å². The summed E-state index contributed by atoms with van der Waals surface area (Å²) in [6.45, 7) is 2.16. The fourth-order valence-electron chi connectivity index (χ4n) is 2.30. The van der Waals surface area contributed by atoms with Crippen LogP contribution >= 0.6 is 11.8 Å². The molecule has 0 aromatic heterocycles. The van der Waals surface area contributed by atoms with Gasteiger partial charge in [0, 0.05) is 5.57 Å². The van der Waals surface area contributed by atoms with Crippen molar-refractivity contribution in [3.05, 3.63) is 70.6 Å². The largest absolute Gasteiger partial charge is 0.497 e. The molecule has 0 aliphatic rings. The standard InChI is InChI=1S/C19H20O3S/c1-4-22-19(20)18(23-3)17(14-9-6-5-7-10-14)15-11-8-12-16(13-15)21-2/h5-13H,4H2,1-3H3. The average Bonchev–Trinajstić information content (AvgIpc) is 2.60. The molecule has 0 saturated carbocycles. The number of methoxy groups -OCH3 is 1. The van der Waals surface area contributed by atoms with Crippen molar-refractivity contribution < 1.29 is 14.3 Å². The molecule has 2 rings (SSSR count). The van der Waals surface area contributed by atoms with Crippen molar-refractivity contribution in [2.24, 2.45) is 0 Å². The van der Waals surface area contributed by atoms with Gasteiger partial charge in [-0.1, -0.05) is 42.5 Å². The number of carbonyl (C=O) groups excluding carboxylic acids is 1. The van der Waals surface area contributed by atoms with Crippen molar-refractivity contribution >= 4 is 23.3 Å². The second-order valence-electron chi connectivity index (χ2n) is 4.73. The van der Waals surface area contributed by atoms with E-state index in [0.717, 1.165) is 22.4 Å². The highest BCUT2D eigenvalue weighted by molar-refractivity contribution is 8.03. The minimum atomic E-state index is -0.304. The van der Waals surface area contributed by atoms with E-state index in [9.17, 15) is 4.79 Å². The Morgan fingerprint density at radius 2 is 1.74 bits per heavy atom. The van der Waals surface area contributed by atoms with Crippen LogP contribution in [0.5, 0.6) is 5.75 Å². The average molecular weight is 328 g/mol. The van der Waals surface area contributed by atoms with Crippen LogP contribution in [-0.2, 0) is 9.53 Å². The van der Waals surface area contributed by atoms with Gasteiger partial charge in [-0.2, -0.15) is 0 Å². The molecule has 2 aromatic carbocycles. The summed E-state index contributed by atoms with van der Waals surface area (Å²) in [6.07, 6.45) is 1.88. The molecule has 0 unspecified atom stereocenters. The Morgan fingerprint density at radius 1 is 1.04 bits per heavy atom. The third-order valence-electron chi connectivity index (χ3n) is 3.31. The van der Waals surface area contributed by atoms with Gasteiger partial charge in [-0.15, -0.1) is 11.8 Å².